The van der Waals surface area contributed by atoms with E-state index in [2.05, 4.69) is 35.2 Å². The lowest BCUT2D eigenvalue weighted by atomic mass is 10.1. The molecular weight excluding hydrogens is 404 g/mol. The highest BCUT2D eigenvalue weighted by atomic mass is 35.5. The summed E-state index contributed by atoms with van der Waals surface area (Å²) in [5.74, 6) is 0.980. The first kappa shape index (κ1) is 18.4. The molecular formula is C21H19ClN6S. The second kappa shape index (κ2) is 8.02. The summed E-state index contributed by atoms with van der Waals surface area (Å²) in [5, 5.41) is 0.716. The van der Waals surface area contributed by atoms with Crippen LogP contribution in [-0.4, -0.2) is 50.4 Å². The van der Waals surface area contributed by atoms with Crippen molar-refractivity contribution in [3.8, 4) is 11.3 Å². The fourth-order valence-corrected chi connectivity index (χ4v) is 4.64. The van der Waals surface area contributed by atoms with E-state index in [0.29, 0.717) is 5.02 Å². The Morgan fingerprint density at radius 2 is 1.83 bits per heavy atom. The highest BCUT2D eigenvalue weighted by Gasteiger charge is 2.22. The Labute approximate surface area is 178 Å². The summed E-state index contributed by atoms with van der Waals surface area (Å²) in [6.07, 6.45) is 5.40. The van der Waals surface area contributed by atoms with Crippen LogP contribution in [0.4, 0.5) is 5.82 Å². The van der Waals surface area contributed by atoms with E-state index in [-0.39, 0.29) is 0 Å². The molecule has 3 aromatic heterocycles. The molecule has 0 aliphatic carbocycles. The molecule has 0 saturated carbocycles. The third-order valence-electron chi connectivity index (χ3n) is 5.16. The molecule has 0 bridgehead atoms. The van der Waals surface area contributed by atoms with Gasteiger partial charge >= 0.3 is 0 Å². The number of fused-ring (bicyclic) bond motifs is 1. The van der Waals surface area contributed by atoms with E-state index in [1.165, 1.54) is 17.1 Å². The van der Waals surface area contributed by atoms with Gasteiger partial charge in [-0.2, -0.15) is 4.37 Å². The summed E-state index contributed by atoms with van der Waals surface area (Å²) in [7, 11) is 0. The Kier molecular flexibility index (Phi) is 5.10. The van der Waals surface area contributed by atoms with Crippen molar-refractivity contribution in [2.75, 3.05) is 31.1 Å². The number of halogens is 1. The summed E-state index contributed by atoms with van der Waals surface area (Å²) < 4.78 is 5.71. The van der Waals surface area contributed by atoms with Gasteiger partial charge in [-0.1, -0.05) is 29.8 Å². The SMILES string of the molecule is Clc1ccc(-c2nsc3c(N4CCN(Cc5cccnc5)CC4)ncnc23)cc1. The van der Waals surface area contributed by atoms with E-state index >= 15 is 0 Å². The minimum absolute atomic E-state index is 0.716. The van der Waals surface area contributed by atoms with Gasteiger partial charge in [-0.25, -0.2) is 9.97 Å². The van der Waals surface area contributed by atoms with Gasteiger partial charge in [0.25, 0.3) is 0 Å². The lowest BCUT2D eigenvalue weighted by Crippen LogP contribution is -2.46. The van der Waals surface area contributed by atoms with Gasteiger partial charge in [0.15, 0.2) is 5.82 Å². The van der Waals surface area contributed by atoms with Gasteiger partial charge in [-0.15, -0.1) is 0 Å². The quantitative estimate of drug-likeness (QED) is 0.493. The first-order chi connectivity index (χ1) is 14.3. The first-order valence-corrected chi connectivity index (χ1v) is 10.7. The Morgan fingerprint density at radius 3 is 2.59 bits per heavy atom. The van der Waals surface area contributed by atoms with E-state index in [1.807, 2.05) is 42.7 Å². The Bertz CT molecular complexity index is 1110. The van der Waals surface area contributed by atoms with Gasteiger partial charge < -0.3 is 4.90 Å². The zero-order valence-electron chi connectivity index (χ0n) is 15.7. The predicted molar refractivity (Wildman–Crippen MR) is 117 cm³/mol. The van der Waals surface area contributed by atoms with E-state index in [9.17, 15) is 0 Å². The van der Waals surface area contributed by atoms with Crippen LogP contribution in [0.2, 0.25) is 5.02 Å². The largest absolute Gasteiger partial charge is 0.353 e. The Hall–Kier alpha value is -2.61. The number of aromatic nitrogens is 4. The molecule has 4 heterocycles. The van der Waals surface area contributed by atoms with Crippen LogP contribution in [0.25, 0.3) is 21.5 Å². The molecule has 146 valence electrons. The van der Waals surface area contributed by atoms with Crippen LogP contribution in [-0.2, 0) is 6.54 Å². The number of piperazine rings is 1. The third kappa shape index (κ3) is 3.81. The summed E-state index contributed by atoms with van der Waals surface area (Å²) in [4.78, 5) is 18.1. The normalized spacial score (nSPS) is 15.1. The van der Waals surface area contributed by atoms with Gasteiger partial charge in [-0.3, -0.25) is 9.88 Å². The molecule has 0 amide bonds. The maximum atomic E-state index is 6.02. The van der Waals surface area contributed by atoms with Gasteiger partial charge in [0.05, 0.1) is 0 Å². The van der Waals surface area contributed by atoms with E-state index < -0.39 is 0 Å². The van der Waals surface area contributed by atoms with Crippen LogP contribution in [0.3, 0.4) is 0 Å². The van der Waals surface area contributed by atoms with Crippen molar-refractivity contribution in [1.29, 1.82) is 0 Å². The van der Waals surface area contributed by atoms with E-state index in [1.54, 1.807) is 6.33 Å². The molecule has 5 rings (SSSR count). The zero-order valence-corrected chi connectivity index (χ0v) is 17.3. The van der Waals surface area contributed by atoms with Crippen LogP contribution >= 0.6 is 23.1 Å². The van der Waals surface area contributed by atoms with Crippen LogP contribution < -0.4 is 4.90 Å². The van der Waals surface area contributed by atoms with Crippen molar-refractivity contribution in [1.82, 2.24) is 24.2 Å². The van der Waals surface area contributed by atoms with Gasteiger partial charge in [-0.05, 0) is 35.3 Å². The van der Waals surface area contributed by atoms with Crippen LogP contribution in [0.15, 0.2) is 55.1 Å². The molecule has 6 nitrogen and oxygen atoms in total. The van der Waals surface area contributed by atoms with Crippen molar-refractivity contribution in [2.24, 2.45) is 0 Å². The lowest BCUT2D eigenvalue weighted by Gasteiger charge is -2.35. The van der Waals surface area contributed by atoms with E-state index in [0.717, 1.165) is 60.0 Å². The van der Waals surface area contributed by atoms with Crippen molar-refractivity contribution in [2.45, 2.75) is 6.54 Å². The fraction of sp³-hybridized carbons (Fsp3) is 0.238. The van der Waals surface area contributed by atoms with Crippen LogP contribution in [0.5, 0.6) is 0 Å². The van der Waals surface area contributed by atoms with Gasteiger partial charge in [0.1, 0.15) is 22.2 Å². The third-order valence-corrected chi connectivity index (χ3v) is 6.24. The maximum absolute atomic E-state index is 6.02. The molecule has 1 aromatic carbocycles. The first-order valence-electron chi connectivity index (χ1n) is 9.50. The molecule has 0 radical (unpaired) electrons. The Balaban J connectivity index is 1.35. The number of nitrogens with zero attached hydrogens (tertiary/aromatic N) is 6. The zero-order chi connectivity index (χ0) is 19.6. The Morgan fingerprint density at radius 1 is 1.00 bits per heavy atom. The summed E-state index contributed by atoms with van der Waals surface area (Å²) in [6.45, 7) is 4.77. The molecule has 1 saturated heterocycles. The van der Waals surface area contributed by atoms with Crippen molar-refractivity contribution >= 4 is 39.2 Å². The van der Waals surface area contributed by atoms with Gasteiger partial charge in [0, 0.05) is 55.7 Å². The standard InChI is InChI=1S/C21H19ClN6S/c22-17-5-3-16(4-6-17)18-19-20(29-26-18)21(25-14-24-19)28-10-8-27(9-11-28)13-15-2-1-7-23-12-15/h1-7,12,14H,8-11,13H2. The average Bonchev–Trinajstić information content (AvgIpc) is 3.20. The van der Waals surface area contributed by atoms with Gasteiger partial charge in [0.2, 0.25) is 0 Å². The summed E-state index contributed by atoms with van der Waals surface area (Å²) >= 11 is 7.49. The molecule has 0 unspecified atom stereocenters. The number of hydrogen-bond donors (Lipinski definition) is 0. The maximum Gasteiger partial charge on any atom is 0.151 e. The second-order valence-electron chi connectivity index (χ2n) is 7.04. The monoisotopic (exact) mass is 422 g/mol. The van der Waals surface area contributed by atoms with Crippen molar-refractivity contribution in [3.05, 3.63) is 65.7 Å². The van der Waals surface area contributed by atoms with Crippen LogP contribution in [0, 0.1) is 0 Å². The molecule has 0 atom stereocenters. The predicted octanol–water partition coefficient (Wildman–Crippen LogP) is 4.12. The molecule has 1 fully saturated rings. The number of rotatable bonds is 4. The number of anilines is 1. The van der Waals surface area contributed by atoms with E-state index in [4.69, 9.17) is 11.6 Å². The number of hydrogen-bond acceptors (Lipinski definition) is 7. The lowest BCUT2D eigenvalue weighted by molar-refractivity contribution is 0.249. The molecule has 0 spiro atoms. The topological polar surface area (TPSA) is 58.0 Å². The summed E-state index contributed by atoms with van der Waals surface area (Å²) in [5.41, 5.74) is 4.06. The summed E-state index contributed by atoms with van der Waals surface area (Å²) in [6, 6.07) is 11.8. The smallest absolute Gasteiger partial charge is 0.151 e. The number of benzene rings is 1. The number of pyridine rings is 1. The average molecular weight is 423 g/mol. The minimum atomic E-state index is 0.716. The molecule has 1 aliphatic heterocycles. The van der Waals surface area contributed by atoms with Crippen molar-refractivity contribution in [3.63, 3.8) is 0 Å². The molecule has 8 heteroatoms. The molecule has 1 aliphatic rings. The fourth-order valence-electron chi connectivity index (χ4n) is 3.64. The molecule has 29 heavy (non-hydrogen) atoms. The second-order valence-corrected chi connectivity index (χ2v) is 8.25. The van der Waals surface area contributed by atoms with Crippen LogP contribution in [0.1, 0.15) is 5.56 Å². The highest BCUT2D eigenvalue weighted by molar-refractivity contribution is 7.14. The minimum Gasteiger partial charge on any atom is -0.353 e. The van der Waals surface area contributed by atoms with Crippen molar-refractivity contribution < 1.29 is 0 Å². The molecule has 0 N–H and O–H groups in total. The molecule has 4 aromatic rings. The highest BCUT2D eigenvalue weighted by Crippen LogP contribution is 2.34.